The molecule has 0 saturated heterocycles. The Morgan fingerprint density at radius 2 is 1.95 bits per heavy atom. The first-order valence-electron chi connectivity index (χ1n) is 5.29. The number of benzene rings is 1. The molecule has 8 nitrogen and oxygen atoms in total. The molecule has 0 saturated carbocycles. The molecular weight excluding hydrogens is 284 g/mol. The van der Waals surface area contributed by atoms with Crippen molar-refractivity contribution in [1.82, 2.24) is 4.98 Å². The molecule has 9 heteroatoms. The molecule has 0 bridgehead atoms. The van der Waals surface area contributed by atoms with Gasteiger partial charge < -0.3 is 5.73 Å². The highest BCUT2D eigenvalue weighted by Crippen LogP contribution is 2.25. The molecule has 0 aliphatic heterocycles. The summed E-state index contributed by atoms with van der Waals surface area (Å²) in [4.78, 5) is 36.8. The number of aromatic nitrogens is 1. The summed E-state index contributed by atoms with van der Waals surface area (Å²) in [5, 5.41) is 12.8. The number of anilines is 1. The molecule has 0 aliphatic rings. The number of primary amides is 1. The molecule has 2 aromatic rings. The summed E-state index contributed by atoms with van der Waals surface area (Å²) < 4.78 is 0. The molecule has 1 aromatic heterocycles. The zero-order chi connectivity index (χ0) is 14.7. The Hall–Kier alpha value is -2.81. The minimum absolute atomic E-state index is 0.0658. The highest BCUT2D eigenvalue weighted by Gasteiger charge is 2.17. The van der Waals surface area contributed by atoms with Crippen molar-refractivity contribution >= 4 is 33.3 Å². The average molecular weight is 292 g/mol. The van der Waals surface area contributed by atoms with Crippen LogP contribution in [0.15, 0.2) is 30.5 Å². The molecule has 0 fully saturated rings. The second-order valence-electron chi connectivity index (χ2n) is 3.62. The Morgan fingerprint density at radius 1 is 1.30 bits per heavy atom. The van der Waals surface area contributed by atoms with E-state index in [1.807, 2.05) is 0 Å². The lowest BCUT2D eigenvalue weighted by atomic mass is 10.1. The predicted octanol–water partition coefficient (Wildman–Crippen LogP) is 1.40. The van der Waals surface area contributed by atoms with Crippen LogP contribution >= 0.6 is 11.3 Å². The van der Waals surface area contributed by atoms with Gasteiger partial charge in [0.05, 0.1) is 16.1 Å². The number of thiazole rings is 1. The van der Waals surface area contributed by atoms with E-state index in [9.17, 15) is 19.7 Å². The van der Waals surface area contributed by atoms with Crippen molar-refractivity contribution in [2.24, 2.45) is 5.73 Å². The van der Waals surface area contributed by atoms with Crippen LogP contribution in [0.25, 0.3) is 0 Å². The largest absolute Gasteiger partial charge is 0.366 e. The van der Waals surface area contributed by atoms with Gasteiger partial charge in [-0.25, -0.2) is 4.98 Å². The van der Waals surface area contributed by atoms with E-state index < -0.39 is 16.7 Å². The summed E-state index contributed by atoms with van der Waals surface area (Å²) in [7, 11) is 0. The van der Waals surface area contributed by atoms with Crippen molar-refractivity contribution in [3.63, 3.8) is 0 Å². The van der Waals surface area contributed by atoms with Gasteiger partial charge in [-0.15, -0.1) is 0 Å². The van der Waals surface area contributed by atoms with Crippen LogP contribution in [0.1, 0.15) is 20.7 Å². The highest BCUT2D eigenvalue weighted by atomic mass is 32.1. The maximum atomic E-state index is 12.0. The van der Waals surface area contributed by atoms with Crippen LogP contribution in [0, 0.1) is 10.1 Å². The van der Waals surface area contributed by atoms with Gasteiger partial charge >= 0.3 is 5.00 Å². The number of nitrogens with two attached hydrogens (primary N) is 1. The molecule has 0 atom stereocenters. The van der Waals surface area contributed by atoms with Crippen LogP contribution in [0.2, 0.25) is 0 Å². The molecular formula is C11H8N4O4S. The van der Waals surface area contributed by atoms with Crippen LogP contribution in [-0.4, -0.2) is 21.7 Å². The van der Waals surface area contributed by atoms with Gasteiger partial charge in [0.25, 0.3) is 5.91 Å². The molecule has 2 rings (SSSR count). The summed E-state index contributed by atoms with van der Waals surface area (Å²) in [6, 6.07) is 6.00. The van der Waals surface area contributed by atoms with Crippen LogP contribution in [0.5, 0.6) is 0 Å². The normalized spacial score (nSPS) is 10.0. The van der Waals surface area contributed by atoms with Crippen molar-refractivity contribution in [3.05, 3.63) is 51.7 Å². The number of hydrogen-bond donors (Lipinski definition) is 2. The van der Waals surface area contributed by atoms with Crippen molar-refractivity contribution < 1.29 is 14.5 Å². The molecule has 0 radical (unpaired) electrons. The molecule has 1 aromatic carbocycles. The number of hydrogen-bond acceptors (Lipinski definition) is 6. The monoisotopic (exact) mass is 292 g/mol. The molecule has 2 amide bonds. The first kappa shape index (κ1) is 13.6. The van der Waals surface area contributed by atoms with Gasteiger partial charge in [0.2, 0.25) is 5.91 Å². The van der Waals surface area contributed by atoms with E-state index in [0.29, 0.717) is 0 Å². The minimum atomic E-state index is -0.735. The lowest BCUT2D eigenvalue weighted by Crippen LogP contribution is -2.20. The smallest absolute Gasteiger partial charge is 0.345 e. The average Bonchev–Trinajstić information content (AvgIpc) is 2.87. The second kappa shape index (κ2) is 5.45. The van der Waals surface area contributed by atoms with Gasteiger partial charge in [0, 0.05) is 0 Å². The number of nitrogens with one attached hydrogen (secondary N) is 1. The van der Waals surface area contributed by atoms with E-state index in [1.54, 1.807) is 12.1 Å². The molecule has 20 heavy (non-hydrogen) atoms. The highest BCUT2D eigenvalue weighted by molar-refractivity contribution is 7.18. The summed E-state index contributed by atoms with van der Waals surface area (Å²) >= 11 is 0.720. The van der Waals surface area contributed by atoms with E-state index in [2.05, 4.69) is 10.3 Å². The third-order valence-electron chi connectivity index (χ3n) is 2.33. The maximum absolute atomic E-state index is 12.0. The maximum Gasteiger partial charge on any atom is 0.345 e. The number of nitro groups is 1. The molecule has 3 N–H and O–H groups in total. The van der Waals surface area contributed by atoms with Crippen LogP contribution in [0.4, 0.5) is 10.1 Å². The zero-order valence-electron chi connectivity index (χ0n) is 9.90. The minimum Gasteiger partial charge on any atom is -0.366 e. The number of amides is 2. The fourth-order valence-electron chi connectivity index (χ4n) is 1.47. The van der Waals surface area contributed by atoms with Gasteiger partial charge in [-0.3, -0.25) is 25.0 Å². The fourth-order valence-corrected chi connectivity index (χ4v) is 2.10. The zero-order valence-corrected chi connectivity index (χ0v) is 10.7. The fraction of sp³-hybridized carbons (Fsp3) is 0. The lowest BCUT2D eigenvalue weighted by Gasteiger charge is -2.05. The number of nitrogens with zero attached hydrogens (tertiary/aromatic N) is 2. The summed E-state index contributed by atoms with van der Waals surface area (Å²) in [5.74, 6) is -1.34. The summed E-state index contributed by atoms with van der Waals surface area (Å²) in [6.07, 6.45) is 1.04. The van der Waals surface area contributed by atoms with E-state index in [0.717, 1.165) is 17.5 Å². The number of carbonyl (C=O) groups excluding carboxylic acids is 2. The van der Waals surface area contributed by atoms with Gasteiger partial charge in [-0.2, -0.15) is 0 Å². The molecule has 0 unspecified atom stereocenters. The second-order valence-corrected chi connectivity index (χ2v) is 4.63. The third-order valence-corrected chi connectivity index (χ3v) is 3.20. The van der Waals surface area contributed by atoms with Gasteiger partial charge in [0.1, 0.15) is 6.20 Å². The van der Waals surface area contributed by atoms with Gasteiger partial charge in [0.15, 0.2) is 5.13 Å². The molecule has 0 aliphatic carbocycles. The van der Waals surface area contributed by atoms with Crippen LogP contribution < -0.4 is 11.1 Å². The molecule has 1 heterocycles. The quantitative estimate of drug-likeness (QED) is 0.650. The van der Waals surface area contributed by atoms with Crippen molar-refractivity contribution in [3.8, 4) is 0 Å². The van der Waals surface area contributed by atoms with Gasteiger partial charge in [-0.1, -0.05) is 12.1 Å². The third kappa shape index (κ3) is 2.78. The van der Waals surface area contributed by atoms with E-state index >= 15 is 0 Å². The first-order chi connectivity index (χ1) is 9.49. The van der Waals surface area contributed by atoms with E-state index in [-0.39, 0.29) is 21.3 Å². The molecule has 0 spiro atoms. The van der Waals surface area contributed by atoms with E-state index in [1.165, 1.54) is 12.1 Å². The summed E-state index contributed by atoms with van der Waals surface area (Å²) in [6.45, 7) is 0. The van der Waals surface area contributed by atoms with Crippen molar-refractivity contribution in [2.75, 3.05) is 5.32 Å². The Morgan fingerprint density at radius 3 is 2.50 bits per heavy atom. The lowest BCUT2D eigenvalue weighted by molar-refractivity contribution is -0.380. The standard InChI is InChI=1S/C11H8N4O4S/c12-9(16)6-3-1-2-4-7(6)10(17)14-11-13-5-8(20-11)15(18)19/h1-5H,(H2,12,16)(H,13,14,17). The Kier molecular flexibility index (Phi) is 3.71. The predicted molar refractivity (Wildman–Crippen MR) is 71.7 cm³/mol. The summed E-state index contributed by atoms with van der Waals surface area (Å²) in [5.41, 5.74) is 5.32. The number of rotatable bonds is 4. The Balaban J connectivity index is 2.24. The Bertz CT molecular complexity index is 697. The van der Waals surface area contributed by atoms with E-state index in [4.69, 9.17) is 5.73 Å². The van der Waals surface area contributed by atoms with Crippen LogP contribution in [0.3, 0.4) is 0 Å². The van der Waals surface area contributed by atoms with Crippen LogP contribution in [-0.2, 0) is 0 Å². The first-order valence-corrected chi connectivity index (χ1v) is 6.11. The van der Waals surface area contributed by atoms with Crippen molar-refractivity contribution in [1.29, 1.82) is 0 Å². The number of carbonyl (C=O) groups is 2. The van der Waals surface area contributed by atoms with Crippen molar-refractivity contribution in [2.45, 2.75) is 0 Å². The topological polar surface area (TPSA) is 128 Å². The Labute approximate surface area is 116 Å². The SMILES string of the molecule is NC(=O)c1ccccc1C(=O)Nc1ncc([N+](=O)[O-])s1. The van der Waals surface area contributed by atoms with Gasteiger partial charge in [-0.05, 0) is 23.5 Å². The molecule has 102 valence electrons.